The highest BCUT2D eigenvalue weighted by Gasteiger charge is 2.50. The summed E-state index contributed by atoms with van der Waals surface area (Å²) in [6, 6.07) is 12.6. The Bertz CT molecular complexity index is 1060. The Kier molecular flexibility index (Phi) is 6.15. The predicted molar refractivity (Wildman–Crippen MR) is 114 cm³/mol. The van der Waals surface area contributed by atoms with Gasteiger partial charge in [-0.2, -0.15) is 0 Å². The van der Waals surface area contributed by atoms with Crippen LogP contribution in [-0.2, 0) is 14.4 Å². The van der Waals surface area contributed by atoms with Gasteiger partial charge in [0, 0.05) is 5.69 Å². The van der Waals surface area contributed by atoms with Crippen molar-refractivity contribution in [2.75, 3.05) is 24.4 Å². The zero-order valence-corrected chi connectivity index (χ0v) is 16.7. The lowest BCUT2D eigenvalue weighted by atomic mass is 10.0. The van der Waals surface area contributed by atoms with Gasteiger partial charge < -0.3 is 26.3 Å². The zero-order valence-electron chi connectivity index (χ0n) is 16.7. The van der Waals surface area contributed by atoms with Gasteiger partial charge in [-0.15, -0.1) is 10.2 Å². The number of carbonyl (C=O) groups excluding carboxylic acids is 3. The second-order valence-electron chi connectivity index (χ2n) is 6.34. The van der Waals surface area contributed by atoms with Crippen LogP contribution in [-0.4, -0.2) is 43.6 Å². The molecular formula is C20H20N6O5. The summed E-state index contributed by atoms with van der Waals surface area (Å²) in [5, 5.41) is 9.71. The third kappa shape index (κ3) is 4.45. The normalized spacial score (nSPS) is 16.9. The van der Waals surface area contributed by atoms with Crippen LogP contribution in [0.1, 0.15) is 0 Å². The van der Waals surface area contributed by atoms with E-state index in [-0.39, 0.29) is 5.69 Å². The molecule has 0 aliphatic carbocycles. The number of nitrogens with zero attached hydrogens (tertiary/aromatic N) is 3. The molecule has 5 N–H and O–H groups in total. The molecule has 0 aromatic heterocycles. The third-order valence-corrected chi connectivity index (χ3v) is 4.39. The zero-order chi connectivity index (χ0) is 22.5. The van der Waals surface area contributed by atoms with Crippen LogP contribution >= 0.6 is 0 Å². The van der Waals surface area contributed by atoms with Crippen molar-refractivity contribution in [2.45, 2.75) is 0 Å². The summed E-state index contributed by atoms with van der Waals surface area (Å²) in [5.74, 6) is -3.20. The summed E-state index contributed by atoms with van der Waals surface area (Å²) in [6.45, 7) is 0. The van der Waals surface area contributed by atoms with E-state index in [1.165, 1.54) is 26.4 Å². The van der Waals surface area contributed by atoms with E-state index in [2.05, 4.69) is 15.5 Å². The van der Waals surface area contributed by atoms with Crippen LogP contribution in [0.4, 0.5) is 11.4 Å². The molecule has 1 aliphatic rings. The number of hydrogen-bond acceptors (Lipinski definition) is 7. The summed E-state index contributed by atoms with van der Waals surface area (Å²) in [4.78, 5) is 39.7. The van der Waals surface area contributed by atoms with E-state index in [9.17, 15) is 14.4 Å². The summed E-state index contributed by atoms with van der Waals surface area (Å²) >= 11 is 0. The van der Waals surface area contributed by atoms with Crippen LogP contribution in [0.5, 0.6) is 11.5 Å². The van der Waals surface area contributed by atoms with Crippen LogP contribution in [0, 0.1) is 5.92 Å². The fourth-order valence-electron chi connectivity index (χ4n) is 2.90. The molecule has 1 aliphatic heterocycles. The van der Waals surface area contributed by atoms with Gasteiger partial charge in [0.15, 0.2) is 11.6 Å². The van der Waals surface area contributed by atoms with Gasteiger partial charge in [0.05, 0.1) is 19.9 Å². The number of guanidine groups is 1. The molecule has 1 heterocycles. The van der Waals surface area contributed by atoms with Gasteiger partial charge in [0.2, 0.25) is 11.9 Å². The Labute approximate surface area is 177 Å². The SMILES string of the molecule is COc1ccc(NC(=O)C2C(=O)N(c3ccc(OC)cc3)C(=O)C2=NN=C(N)N)cc1. The van der Waals surface area contributed by atoms with Crippen LogP contribution < -0.4 is 31.2 Å². The van der Waals surface area contributed by atoms with Crippen molar-refractivity contribution >= 4 is 40.8 Å². The van der Waals surface area contributed by atoms with Crippen molar-refractivity contribution in [1.29, 1.82) is 0 Å². The van der Waals surface area contributed by atoms with Crippen LogP contribution in [0.15, 0.2) is 58.7 Å². The molecule has 0 bridgehead atoms. The first-order valence-corrected chi connectivity index (χ1v) is 8.99. The van der Waals surface area contributed by atoms with Crippen molar-refractivity contribution in [2.24, 2.45) is 27.6 Å². The van der Waals surface area contributed by atoms with Crippen LogP contribution in [0.2, 0.25) is 0 Å². The van der Waals surface area contributed by atoms with Gasteiger partial charge in [0.1, 0.15) is 11.5 Å². The third-order valence-electron chi connectivity index (χ3n) is 4.39. The first kappa shape index (κ1) is 21.3. The monoisotopic (exact) mass is 424 g/mol. The van der Waals surface area contributed by atoms with E-state index in [0.717, 1.165) is 4.90 Å². The van der Waals surface area contributed by atoms with E-state index < -0.39 is 35.3 Å². The maximum Gasteiger partial charge on any atom is 0.282 e. The number of nitrogens with two attached hydrogens (primary N) is 2. The smallest absolute Gasteiger partial charge is 0.282 e. The summed E-state index contributed by atoms with van der Waals surface area (Å²) in [5.41, 5.74) is 10.8. The minimum Gasteiger partial charge on any atom is -0.497 e. The minimum absolute atomic E-state index is 0.243. The van der Waals surface area contributed by atoms with Crippen LogP contribution in [0.25, 0.3) is 0 Å². The van der Waals surface area contributed by atoms with Crippen LogP contribution in [0.3, 0.4) is 0 Å². The first-order chi connectivity index (χ1) is 14.8. The second kappa shape index (κ2) is 8.95. The van der Waals surface area contributed by atoms with Gasteiger partial charge in [-0.3, -0.25) is 14.4 Å². The van der Waals surface area contributed by atoms with E-state index in [1.54, 1.807) is 36.4 Å². The predicted octanol–water partition coefficient (Wildman–Crippen LogP) is 0.461. The Morgan fingerprint density at radius 1 is 0.968 bits per heavy atom. The standard InChI is InChI=1S/C20H20N6O5/c1-30-13-7-3-11(4-8-13)23-17(27)15-16(24-25-20(21)22)19(29)26(18(15)28)12-5-9-14(31-2)10-6-12/h3-10,15H,1-2H3,(H,23,27)(H4,21,22,25). The average Bonchev–Trinajstić information content (AvgIpc) is 3.02. The topological polar surface area (TPSA) is 162 Å². The number of benzene rings is 2. The molecule has 2 aromatic carbocycles. The molecule has 11 heteroatoms. The fraction of sp³-hybridized carbons (Fsp3) is 0.150. The Balaban J connectivity index is 1.95. The Morgan fingerprint density at radius 2 is 1.52 bits per heavy atom. The summed E-state index contributed by atoms with van der Waals surface area (Å²) in [6.07, 6.45) is 0. The van der Waals surface area contributed by atoms with E-state index in [0.29, 0.717) is 17.2 Å². The summed E-state index contributed by atoms with van der Waals surface area (Å²) < 4.78 is 10.2. The van der Waals surface area contributed by atoms with E-state index in [4.69, 9.17) is 20.9 Å². The molecule has 160 valence electrons. The number of imide groups is 1. The Morgan fingerprint density at radius 3 is 2.03 bits per heavy atom. The molecule has 31 heavy (non-hydrogen) atoms. The molecule has 0 radical (unpaired) electrons. The number of methoxy groups -OCH3 is 2. The van der Waals surface area contributed by atoms with Gasteiger partial charge in [-0.05, 0) is 48.5 Å². The molecule has 1 saturated heterocycles. The number of rotatable bonds is 6. The second-order valence-corrected chi connectivity index (χ2v) is 6.34. The molecule has 11 nitrogen and oxygen atoms in total. The first-order valence-electron chi connectivity index (χ1n) is 8.99. The fourth-order valence-corrected chi connectivity index (χ4v) is 2.90. The number of carbonyl (C=O) groups is 3. The number of nitrogens with one attached hydrogen (secondary N) is 1. The molecule has 3 rings (SSSR count). The molecule has 1 unspecified atom stereocenters. The molecule has 0 saturated carbocycles. The lowest BCUT2D eigenvalue weighted by molar-refractivity contribution is -0.127. The highest BCUT2D eigenvalue weighted by atomic mass is 16.5. The quantitative estimate of drug-likeness (QED) is 0.199. The molecular weight excluding hydrogens is 404 g/mol. The van der Waals surface area contributed by atoms with Crippen molar-refractivity contribution in [3.63, 3.8) is 0 Å². The lowest BCUT2D eigenvalue weighted by Gasteiger charge is -2.14. The molecule has 3 amide bonds. The number of amides is 3. The number of hydrogen-bond donors (Lipinski definition) is 3. The van der Waals surface area contributed by atoms with Gasteiger partial charge in [-0.25, -0.2) is 4.90 Å². The number of ether oxygens (including phenoxy) is 2. The maximum atomic E-state index is 13.1. The highest BCUT2D eigenvalue weighted by molar-refractivity contribution is 6.61. The van der Waals surface area contributed by atoms with E-state index in [1.807, 2.05) is 0 Å². The molecule has 2 aromatic rings. The summed E-state index contributed by atoms with van der Waals surface area (Å²) in [7, 11) is 3.00. The Hall–Kier alpha value is -4.41. The van der Waals surface area contributed by atoms with Gasteiger partial charge >= 0.3 is 0 Å². The van der Waals surface area contributed by atoms with Gasteiger partial charge in [0.25, 0.3) is 11.8 Å². The molecule has 1 fully saturated rings. The van der Waals surface area contributed by atoms with Gasteiger partial charge in [-0.1, -0.05) is 0 Å². The maximum absolute atomic E-state index is 13.1. The molecule has 0 spiro atoms. The number of anilines is 2. The van der Waals surface area contributed by atoms with E-state index >= 15 is 0 Å². The highest BCUT2D eigenvalue weighted by Crippen LogP contribution is 2.28. The van der Waals surface area contributed by atoms with Crippen molar-refractivity contribution in [3.05, 3.63) is 48.5 Å². The minimum atomic E-state index is -1.54. The average molecular weight is 424 g/mol. The van der Waals surface area contributed by atoms with Crippen molar-refractivity contribution in [1.82, 2.24) is 0 Å². The van der Waals surface area contributed by atoms with Crippen molar-refractivity contribution < 1.29 is 23.9 Å². The lowest BCUT2D eigenvalue weighted by Crippen LogP contribution is -2.34. The molecule has 1 atom stereocenters. The largest absolute Gasteiger partial charge is 0.497 e. The van der Waals surface area contributed by atoms with Crippen molar-refractivity contribution in [3.8, 4) is 11.5 Å².